The van der Waals surface area contributed by atoms with Gasteiger partial charge >= 0.3 is 0 Å². The number of aliphatic hydroxyl groups is 3. The molecule has 0 aliphatic heterocycles. The summed E-state index contributed by atoms with van der Waals surface area (Å²) in [4.78, 5) is 0. The quantitative estimate of drug-likeness (QED) is 0.287. The number of benzene rings is 2. The van der Waals surface area contributed by atoms with Gasteiger partial charge in [0.05, 0.1) is 34.9 Å². The maximum Gasteiger partial charge on any atom is 0.133 e. The zero-order valence-corrected chi connectivity index (χ0v) is 22.3. The lowest BCUT2D eigenvalue weighted by molar-refractivity contribution is 0.0866. The lowest BCUT2D eigenvalue weighted by atomic mass is 9.78. The molecule has 1 heterocycles. The number of aryl methyl sites for hydroxylation is 1. The number of ether oxygens (including phenoxy) is 2. The van der Waals surface area contributed by atoms with Crippen LogP contribution in [-0.4, -0.2) is 61.6 Å². The van der Waals surface area contributed by atoms with E-state index >= 15 is 0 Å². The molecule has 0 saturated heterocycles. The van der Waals surface area contributed by atoms with Crippen molar-refractivity contribution in [2.75, 3.05) is 19.1 Å². The van der Waals surface area contributed by atoms with Gasteiger partial charge in [0, 0.05) is 5.41 Å². The van der Waals surface area contributed by atoms with Crippen LogP contribution in [0.15, 0.2) is 46.9 Å². The fourth-order valence-electron chi connectivity index (χ4n) is 3.58. The summed E-state index contributed by atoms with van der Waals surface area (Å²) in [6.45, 7) is 6.22. The van der Waals surface area contributed by atoms with E-state index in [0.29, 0.717) is 22.9 Å². The van der Waals surface area contributed by atoms with Crippen LogP contribution in [0, 0.1) is 6.92 Å². The first-order chi connectivity index (χ1) is 16.6. The summed E-state index contributed by atoms with van der Waals surface area (Å²) >= 11 is 9.18. The summed E-state index contributed by atoms with van der Waals surface area (Å²) in [6, 6.07) is 13.6. The zero-order chi connectivity index (χ0) is 25.6. The minimum absolute atomic E-state index is 0.0827. The molecule has 0 unspecified atom stereocenters. The van der Waals surface area contributed by atoms with Gasteiger partial charge in [0.1, 0.15) is 36.9 Å². The average Bonchev–Trinajstić information content (AvgIpc) is 3.20. The molecule has 0 bridgehead atoms. The number of halogens is 2. The largest absolute Gasteiger partial charge is 0.491 e. The highest BCUT2D eigenvalue weighted by Crippen LogP contribution is 2.36. The van der Waals surface area contributed by atoms with E-state index in [1.165, 1.54) is 4.68 Å². The normalized spacial score (nSPS) is 13.5. The number of nitrogens with zero attached hydrogens (tertiary/aromatic N) is 3. The van der Waals surface area contributed by atoms with Gasteiger partial charge in [-0.3, -0.25) is 0 Å². The molecule has 190 valence electrons. The van der Waals surface area contributed by atoms with Crippen molar-refractivity contribution in [3.8, 4) is 11.5 Å². The van der Waals surface area contributed by atoms with E-state index in [0.717, 1.165) is 15.6 Å². The second-order valence-electron chi connectivity index (χ2n) is 8.84. The van der Waals surface area contributed by atoms with Crippen LogP contribution in [0.2, 0.25) is 0 Å². The second-order valence-corrected chi connectivity index (χ2v) is 10.0. The van der Waals surface area contributed by atoms with Gasteiger partial charge in [-0.1, -0.05) is 37.3 Å². The maximum atomic E-state index is 10.3. The summed E-state index contributed by atoms with van der Waals surface area (Å²) in [6.07, 6.45) is -1.52. The molecule has 10 heteroatoms. The first-order valence-corrected chi connectivity index (χ1v) is 12.6. The predicted octanol–water partition coefficient (Wildman–Crippen LogP) is 3.59. The van der Waals surface area contributed by atoms with Crippen molar-refractivity contribution in [1.82, 2.24) is 15.0 Å². The van der Waals surface area contributed by atoms with Crippen LogP contribution in [-0.2, 0) is 18.6 Å². The SMILES string of the molecule is Cc1nnn(C[C@H](O)COc2ccc(C(C)(C)c3ccc(OC[C@@H](O)CCl)c(Br)c3)cc2)c1CO. The maximum absolute atomic E-state index is 10.3. The van der Waals surface area contributed by atoms with Gasteiger partial charge in [-0.25, -0.2) is 4.68 Å². The summed E-state index contributed by atoms with van der Waals surface area (Å²) in [7, 11) is 0. The summed E-state index contributed by atoms with van der Waals surface area (Å²) in [5.74, 6) is 1.40. The minimum atomic E-state index is -0.804. The predicted molar refractivity (Wildman–Crippen MR) is 137 cm³/mol. The van der Waals surface area contributed by atoms with Gasteiger partial charge in [0.25, 0.3) is 0 Å². The Morgan fingerprint density at radius 3 is 2.31 bits per heavy atom. The Hall–Kier alpha value is -2.17. The van der Waals surface area contributed by atoms with Crippen molar-refractivity contribution in [2.45, 2.75) is 51.5 Å². The zero-order valence-electron chi connectivity index (χ0n) is 20.0. The van der Waals surface area contributed by atoms with Crippen LogP contribution in [0.5, 0.6) is 11.5 Å². The van der Waals surface area contributed by atoms with E-state index in [2.05, 4.69) is 40.1 Å². The Morgan fingerprint density at radius 1 is 1.03 bits per heavy atom. The average molecular weight is 569 g/mol. The molecule has 35 heavy (non-hydrogen) atoms. The fourth-order valence-corrected chi connectivity index (χ4v) is 4.16. The van der Waals surface area contributed by atoms with Gasteiger partial charge in [-0.15, -0.1) is 16.7 Å². The third kappa shape index (κ3) is 6.95. The molecule has 3 N–H and O–H groups in total. The van der Waals surface area contributed by atoms with Gasteiger partial charge in [0.15, 0.2) is 0 Å². The molecule has 0 saturated carbocycles. The third-order valence-corrected chi connectivity index (χ3v) is 6.82. The van der Waals surface area contributed by atoms with Crippen LogP contribution in [0.4, 0.5) is 0 Å². The van der Waals surface area contributed by atoms with E-state index in [-0.39, 0.29) is 37.7 Å². The Labute approximate surface area is 218 Å². The molecule has 1 aromatic heterocycles. The van der Waals surface area contributed by atoms with Crippen LogP contribution in [0.1, 0.15) is 36.4 Å². The van der Waals surface area contributed by atoms with E-state index in [9.17, 15) is 15.3 Å². The Bertz CT molecular complexity index is 1110. The van der Waals surface area contributed by atoms with Gasteiger partial charge in [-0.2, -0.15) is 0 Å². The van der Waals surface area contributed by atoms with Gasteiger partial charge < -0.3 is 24.8 Å². The first-order valence-electron chi connectivity index (χ1n) is 11.2. The molecule has 8 nitrogen and oxygen atoms in total. The first kappa shape index (κ1) is 27.4. The number of hydrogen-bond donors (Lipinski definition) is 3. The number of rotatable bonds is 12. The molecule has 3 aromatic rings. The molecular formula is C25H31BrClN3O5. The third-order valence-electron chi connectivity index (χ3n) is 5.85. The van der Waals surface area contributed by atoms with Crippen LogP contribution >= 0.6 is 27.5 Å². The number of hydrogen-bond acceptors (Lipinski definition) is 7. The topological polar surface area (TPSA) is 110 Å². The van der Waals surface area contributed by atoms with Crippen molar-refractivity contribution >= 4 is 27.5 Å². The van der Waals surface area contributed by atoms with Crippen LogP contribution in [0.3, 0.4) is 0 Å². The number of alkyl halides is 1. The molecule has 0 spiro atoms. The highest BCUT2D eigenvalue weighted by Gasteiger charge is 2.24. The van der Waals surface area contributed by atoms with Crippen molar-refractivity contribution < 1.29 is 24.8 Å². The highest BCUT2D eigenvalue weighted by molar-refractivity contribution is 9.10. The van der Waals surface area contributed by atoms with Gasteiger partial charge in [-0.05, 0) is 58.2 Å². The molecule has 0 aliphatic rings. The Kier molecular flexibility index (Phi) is 9.54. The molecule has 0 fully saturated rings. The fraction of sp³-hybridized carbons (Fsp3) is 0.440. The lowest BCUT2D eigenvalue weighted by Crippen LogP contribution is -2.25. The van der Waals surface area contributed by atoms with Crippen molar-refractivity contribution in [1.29, 1.82) is 0 Å². The number of aliphatic hydroxyl groups excluding tert-OH is 3. The molecule has 0 radical (unpaired) electrons. The van der Waals surface area contributed by atoms with Crippen molar-refractivity contribution in [2.24, 2.45) is 0 Å². The van der Waals surface area contributed by atoms with Crippen molar-refractivity contribution in [3.63, 3.8) is 0 Å². The Balaban J connectivity index is 1.61. The van der Waals surface area contributed by atoms with E-state index in [4.69, 9.17) is 21.1 Å². The van der Waals surface area contributed by atoms with Gasteiger partial charge in [0.2, 0.25) is 0 Å². The molecule has 2 aromatic carbocycles. The minimum Gasteiger partial charge on any atom is -0.491 e. The second kappa shape index (κ2) is 12.2. The van der Waals surface area contributed by atoms with E-state index in [1.54, 1.807) is 6.92 Å². The summed E-state index contributed by atoms with van der Waals surface area (Å²) < 4.78 is 13.7. The Morgan fingerprint density at radius 2 is 1.69 bits per heavy atom. The monoisotopic (exact) mass is 567 g/mol. The molecule has 2 atom stereocenters. The van der Waals surface area contributed by atoms with Crippen molar-refractivity contribution in [3.05, 3.63) is 69.5 Å². The van der Waals surface area contributed by atoms with E-state index < -0.39 is 12.2 Å². The molecule has 0 aliphatic carbocycles. The lowest BCUT2D eigenvalue weighted by Gasteiger charge is -2.27. The summed E-state index contributed by atoms with van der Waals surface area (Å²) in [5, 5.41) is 37.2. The highest BCUT2D eigenvalue weighted by atomic mass is 79.9. The standard InChI is InChI=1S/C25H31BrClN3O5/c1-16-23(13-31)30(29-28-16)12-20(33)15-34-21-7-4-17(5-8-21)25(2,3)18-6-9-24(22(26)10-18)35-14-19(32)11-27/h4-10,19-20,31-33H,11-15H2,1-3H3/t19-,20-/m0/s1. The summed E-state index contributed by atoms with van der Waals surface area (Å²) in [5.41, 5.74) is 3.10. The molecule has 3 rings (SSSR count). The van der Waals surface area contributed by atoms with Crippen LogP contribution in [0.25, 0.3) is 0 Å². The van der Waals surface area contributed by atoms with Crippen LogP contribution < -0.4 is 9.47 Å². The molecular weight excluding hydrogens is 538 g/mol. The number of aromatic nitrogens is 3. The molecule has 0 amide bonds. The smallest absolute Gasteiger partial charge is 0.133 e. The van der Waals surface area contributed by atoms with E-state index in [1.807, 2.05) is 42.5 Å².